The van der Waals surface area contributed by atoms with Gasteiger partial charge in [0.25, 0.3) is 11.7 Å². The van der Waals surface area contributed by atoms with Gasteiger partial charge in [-0.15, -0.1) is 0 Å². The van der Waals surface area contributed by atoms with E-state index in [1.807, 2.05) is 50.2 Å². The molecular weight excluding hydrogens is 472 g/mol. The quantitative estimate of drug-likeness (QED) is 0.284. The van der Waals surface area contributed by atoms with Crippen LogP contribution in [0.2, 0.25) is 0 Å². The van der Waals surface area contributed by atoms with Crippen LogP contribution in [0.4, 0.5) is 11.4 Å². The molecule has 1 fully saturated rings. The molecule has 0 aromatic heterocycles. The maximum Gasteiger partial charge on any atom is 0.300 e. The van der Waals surface area contributed by atoms with Crippen molar-refractivity contribution in [2.24, 2.45) is 0 Å². The van der Waals surface area contributed by atoms with Gasteiger partial charge < -0.3 is 24.2 Å². The molecule has 1 aliphatic heterocycles. The van der Waals surface area contributed by atoms with Crippen molar-refractivity contribution in [2.75, 3.05) is 45.2 Å². The summed E-state index contributed by atoms with van der Waals surface area (Å²) in [5, 5.41) is 11.4. The molecule has 1 unspecified atom stereocenters. The number of amides is 1. The lowest BCUT2D eigenvalue weighted by atomic mass is 9.94. The molecule has 0 spiro atoms. The molecule has 37 heavy (non-hydrogen) atoms. The third-order valence-electron chi connectivity index (χ3n) is 6.45. The summed E-state index contributed by atoms with van der Waals surface area (Å²) in [6.45, 7) is 1.84. The van der Waals surface area contributed by atoms with Gasteiger partial charge in [0.1, 0.15) is 23.0 Å². The second kappa shape index (κ2) is 10.3. The number of hydrogen-bond donors (Lipinski definition) is 1. The van der Waals surface area contributed by atoms with Gasteiger partial charge in [-0.25, -0.2) is 0 Å². The number of aryl methyl sites for hydroxylation is 1. The molecule has 0 radical (unpaired) electrons. The summed E-state index contributed by atoms with van der Waals surface area (Å²) < 4.78 is 16.1. The number of carbonyl (C=O) groups excluding carboxylic acids is 2. The molecule has 0 aliphatic carbocycles. The Kier molecular flexibility index (Phi) is 7.11. The summed E-state index contributed by atoms with van der Waals surface area (Å²) in [5.74, 6) is -0.231. The van der Waals surface area contributed by atoms with E-state index in [4.69, 9.17) is 14.2 Å². The van der Waals surface area contributed by atoms with Crippen LogP contribution in [0.15, 0.2) is 66.2 Å². The Morgan fingerprint density at radius 1 is 0.865 bits per heavy atom. The molecule has 3 aromatic rings. The second-order valence-corrected chi connectivity index (χ2v) is 8.91. The van der Waals surface area contributed by atoms with Crippen molar-refractivity contribution >= 4 is 28.8 Å². The Balaban J connectivity index is 1.95. The van der Waals surface area contributed by atoms with Gasteiger partial charge in [-0.05, 0) is 48.4 Å². The molecule has 0 saturated carbocycles. The van der Waals surface area contributed by atoms with E-state index in [-0.39, 0.29) is 11.3 Å². The first-order chi connectivity index (χ1) is 17.7. The minimum atomic E-state index is -0.879. The van der Waals surface area contributed by atoms with Crippen LogP contribution < -0.4 is 24.0 Å². The van der Waals surface area contributed by atoms with Crippen molar-refractivity contribution in [1.82, 2.24) is 0 Å². The van der Waals surface area contributed by atoms with E-state index in [0.717, 1.165) is 11.3 Å². The van der Waals surface area contributed by atoms with Gasteiger partial charge in [0.15, 0.2) is 0 Å². The molecule has 8 heteroatoms. The average molecular weight is 503 g/mol. The first-order valence-electron chi connectivity index (χ1n) is 11.7. The van der Waals surface area contributed by atoms with Gasteiger partial charge in [0.05, 0.1) is 38.6 Å². The summed E-state index contributed by atoms with van der Waals surface area (Å²) in [5.41, 5.74) is 3.21. The maximum atomic E-state index is 13.5. The van der Waals surface area contributed by atoms with Crippen molar-refractivity contribution in [1.29, 1.82) is 0 Å². The largest absolute Gasteiger partial charge is 0.507 e. The van der Waals surface area contributed by atoms with Crippen LogP contribution in [0.3, 0.4) is 0 Å². The SMILES string of the molecule is COc1cc(OC)cc(N2C(=O)C(=O)/C(=C(/O)c3ccc(OC)c(C)c3)C2c2ccc(N(C)C)cc2)c1. The van der Waals surface area contributed by atoms with Gasteiger partial charge >= 0.3 is 0 Å². The van der Waals surface area contributed by atoms with E-state index >= 15 is 0 Å². The molecule has 0 bridgehead atoms. The first kappa shape index (κ1) is 25.6. The normalized spacial score (nSPS) is 16.6. The smallest absolute Gasteiger partial charge is 0.300 e. The molecule has 1 saturated heterocycles. The molecule has 1 amide bonds. The zero-order valence-corrected chi connectivity index (χ0v) is 21.7. The van der Waals surface area contributed by atoms with Crippen molar-refractivity contribution in [3.8, 4) is 17.2 Å². The highest BCUT2D eigenvalue weighted by Gasteiger charge is 2.47. The van der Waals surface area contributed by atoms with E-state index < -0.39 is 17.7 Å². The molecule has 192 valence electrons. The van der Waals surface area contributed by atoms with E-state index in [2.05, 4.69) is 0 Å². The number of aliphatic hydroxyl groups excluding tert-OH is 1. The summed E-state index contributed by atoms with van der Waals surface area (Å²) in [6, 6.07) is 16.7. The third-order valence-corrected chi connectivity index (χ3v) is 6.45. The fourth-order valence-corrected chi connectivity index (χ4v) is 4.48. The molecule has 8 nitrogen and oxygen atoms in total. The van der Waals surface area contributed by atoms with Gasteiger partial charge in [-0.3, -0.25) is 14.5 Å². The Morgan fingerprint density at radius 3 is 2.00 bits per heavy atom. The second-order valence-electron chi connectivity index (χ2n) is 8.91. The van der Waals surface area contributed by atoms with E-state index in [9.17, 15) is 14.7 Å². The number of hydrogen-bond acceptors (Lipinski definition) is 7. The van der Waals surface area contributed by atoms with Crippen LogP contribution in [-0.4, -0.2) is 52.2 Å². The standard InChI is InChI=1S/C29H30N2O6/c1-17-13-19(9-12-24(17)37-6)27(32)25-26(18-7-10-20(11-8-18)30(2)3)31(29(34)28(25)33)21-14-22(35-4)16-23(15-21)36-5/h7-16,26,32H,1-6H3/b27-25+. The Labute approximate surface area is 216 Å². The Hall–Kier alpha value is -4.46. The first-order valence-corrected chi connectivity index (χ1v) is 11.7. The number of ketones is 1. The summed E-state index contributed by atoms with van der Waals surface area (Å²) in [4.78, 5) is 30.3. The number of methoxy groups -OCH3 is 3. The highest BCUT2D eigenvalue weighted by Crippen LogP contribution is 2.44. The number of aliphatic hydroxyl groups is 1. The number of ether oxygens (including phenoxy) is 3. The number of carbonyl (C=O) groups is 2. The summed E-state index contributed by atoms with van der Waals surface area (Å²) in [6.07, 6.45) is 0. The lowest BCUT2D eigenvalue weighted by molar-refractivity contribution is -0.132. The van der Waals surface area contributed by atoms with Gasteiger partial charge in [-0.1, -0.05) is 12.1 Å². The predicted octanol–water partition coefficient (Wildman–Crippen LogP) is 4.71. The fraction of sp³-hybridized carbons (Fsp3) is 0.241. The van der Waals surface area contributed by atoms with Crippen LogP contribution in [0.5, 0.6) is 17.2 Å². The minimum absolute atomic E-state index is 0.00560. The van der Waals surface area contributed by atoms with E-state index in [0.29, 0.717) is 34.1 Å². The summed E-state index contributed by atoms with van der Waals surface area (Å²) >= 11 is 0. The number of nitrogens with zero attached hydrogens (tertiary/aromatic N) is 2. The van der Waals surface area contributed by atoms with Crippen LogP contribution in [0.25, 0.3) is 5.76 Å². The van der Waals surface area contributed by atoms with E-state index in [1.54, 1.807) is 43.5 Å². The number of benzene rings is 3. The highest BCUT2D eigenvalue weighted by molar-refractivity contribution is 6.51. The van der Waals surface area contributed by atoms with Gasteiger partial charge in [-0.2, -0.15) is 0 Å². The zero-order valence-electron chi connectivity index (χ0n) is 21.7. The van der Waals surface area contributed by atoms with Gasteiger partial charge in [0.2, 0.25) is 0 Å². The summed E-state index contributed by atoms with van der Waals surface area (Å²) in [7, 11) is 8.44. The maximum absolute atomic E-state index is 13.5. The Morgan fingerprint density at radius 2 is 1.49 bits per heavy atom. The topological polar surface area (TPSA) is 88.5 Å². The average Bonchev–Trinajstić information content (AvgIpc) is 3.17. The fourth-order valence-electron chi connectivity index (χ4n) is 4.48. The van der Waals surface area contributed by atoms with E-state index in [1.165, 1.54) is 19.1 Å². The zero-order chi connectivity index (χ0) is 26.9. The molecule has 3 aromatic carbocycles. The van der Waals surface area contributed by atoms with Crippen LogP contribution in [-0.2, 0) is 9.59 Å². The minimum Gasteiger partial charge on any atom is -0.507 e. The number of anilines is 2. The van der Waals surface area contributed by atoms with Crippen LogP contribution >= 0.6 is 0 Å². The van der Waals surface area contributed by atoms with Crippen molar-refractivity contribution in [3.63, 3.8) is 0 Å². The van der Waals surface area contributed by atoms with Crippen LogP contribution in [0, 0.1) is 6.92 Å². The van der Waals surface area contributed by atoms with Crippen molar-refractivity contribution in [3.05, 3.63) is 82.9 Å². The Bertz CT molecular complexity index is 1360. The number of rotatable bonds is 7. The monoisotopic (exact) mass is 502 g/mol. The lowest BCUT2D eigenvalue weighted by Gasteiger charge is -2.26. The molecule has 1 atom stereocenters. The molecular formula is C29H30N2O6. The van der Waals surface area contributed by atoms with Gasteiger partial charge in [0, 0.05) is 43.5 Å². The number of Topliss-reactive ketones (excluding diaryl/α,β-unsaturated/α-hetero) is 1. The molecule has 1 aliphatic rings. The third kappa shape index (κ3) is 4.70. The molecule has 4 rings (SSSR count). The van der Waals surface area contributed by atoms with Crippen molar-refractivity contribution in [2.45, 2.75) is 13.0 Å². The highest BCUT2D eigenvalue weighted by atomic mass is 16.5. The van der Waals surface area contributed by atoms with Crippen molar-refractivity contribution < 1.29 is 28.9 Å². The molecule has 1 heterocycles. The van der Waals surface area contributed by atoms with Crippen LogP contribution in [0.1, 0.15) is 22.7 Å². The lowest BCUT2D eigenvalue weighted by Crippen LogP contribution is -2.29. The molecule has 1 N–H and O–H groups in total. The predicted molar refractivity (Wildman–Crippen MR) is 143 cm³/mol.